The maximum atomic E-state index is 6.97. The standard InChI is InChI=1S/C7H8N4/c1-2-10-7-4-9-5-11-6(7)3-8/h2-5,8,10H,1H2. The zero-order chi connectivity index (χ0) is 8.10. The molecule has 1 aromatic heterocycles. The van der Waals surface area contributed by atoms with Crippen LogP contribution in [0.25, 0.3) is 0 Å². The summed E-state index contributed by atoms with van der Waals surface area (Å²) in [5, 5.41) is 9.79. The third-order valence-electron chi connectivity index (χ3n) is 1.14. The summed E-state index contributed by atoms with van der Waals surface area (Å²) in [5.74, 6) is 0. The van der Waals surface area contributed by atoms with Crippen LogP contribution in [0.3, 0.4) is 0 Å². The summed E-state index contributed by atoms with van der Waals surface area (Å²) < 4.78 is 0. The quantitative estimate of drug-likeness (QED) is 0.629. The average Bonchev–Trinajstić information content (AvgIpc) is 2.06. The van der Waals surface area contributed by atoms with Crippen LogP contribution >= 0.6 is 0 Å². The number of anilines is 1. The van der Waals surface area contributed by atoms with Crippen molar-refractivity contribution in [1.82, 2.24) is 9.97 Å². The third kappa shape index (κ3) is 1.61. The summed E-state index contributed by atoms with van der Waals surface area (Å²) in [5.41, 5.74) is 1.25. The molecule has 0 radical (unpaired) electrons. The largest absolute Gasteiger partial charge is 0.359 e. The molecule has 11 heavy (non-hydrogen) atoms. The van der Waals surface area contributed by atoms with Crippen LogP contribution in [-0.4, -0.2) is 16.2 Å². The molecule has 1 rings (SSSR count). The van der Waals surface area contributed by atoms with Crippen LogP contribution in [-0.2, 0) is 0 Å². The summed E-state index contributed by atoms with van der Waals surface area (Å²) in [4.78, 5) is 7.64. The van der Waals surface area contributed by atoms with Gasteiger partial charge >= 0.3 is 0 Å². The zero-order valence-electron chi connectivity index (χ0n) is 5.91. The number of nitrogens with zero attached hydrogens (tertiary/aromatic N) is 2. The van der Waals surface area contributed by atoms with E-state index in [-0.39, 0.29) is 0 Å². The predicted octanol–water partition coefficient (Wildman–Crippen LogP) is 1.03. The summed E-state index contributed by atoms with van der Waals surface area (Å²) in [6.45, 7) is 3.49. The lowest BCUT2D eigenvalue weighted by molar-refractivity contribution is 1.15. The average molecular weight is 148 g/mol. The minimum absolute atomic E-state index is 0.555. The van der Waals surface area contributed by atoms with Crippen molar-refractivity contribution in [2.45, 2.75) is 0 Å². The molecule has 0 spiro atoms. The van der Waals surface area contributed by atoms with Gasteiger partial charge in [-0.25, -0.2) is 9.97 Å². The van der Waals surface area contributed by atoms with Crippen LogP contribution < -0.4 is 5.32 Å². The van der Waals surface area contributed by atoms with Crippen LogP contribution in [0, 0.1) is 5.41 Å². The van der Waals surface area contributed by atoms with Crippen molar-refractivity contribution in [3.8, 4) is 0 Å². The van der Waals surface area contributed by atoms with E-state index in [1.54, 1.807) is 6.20 Å². The molecule has 0 amide bonds. The molecule has 4 nitrogen and oxygen atoms in total. The topological polar surface area (TPSA) is 61.7 Å². The van der Waals surface area contributed by atoms with Gasteiger partial charge < -0.3 is 10.7 Å². The number of rotatable bonds is 3. The Kier molecular flexibility index (Phi) is 2.32. The second-order valence-electron chi connectivity index (χ2n) is 1.81. The number of nitrogens with one attached hydrogen (secondary N) is 2. The van der Waals surface area contributed by atoms with Crippen molar-refractivity contribution < 1.29 is 0 Å². The SMILES string of the molecule is C=CNc1cncnc1C=N. The lowest BCUT2D eigenvalue weighted by Crippen LogP contribution is -1.96. The predicted molar refractivity (Wildman–Crippen MR) is 43.7 cm³/mol. The summed E-state index contributed by atoms with van der Waals surface area (Å²) >= 11 is 0. The van der Waals surface area contributed by atoms with Crippen LogP contribution in [0.15, 0.2) is 25.3 Å². The first kappa shape index (κ1) is 7.40. The Hall–Kier alpha value is -1.71. The Balaban J connectivity index is 3.01. The van der Waals surface area contributed by atoms with Gasteiger partial charge in [-0.3, -0.25) is 0 Å². The van der Waals surface area contributed by atoms with Crippen molar-refractivity contribution in [1.29, 1.82) is 5.41 Å². The zero-order valence-corrected chi connectivity index (χ0v) is 5.91. The van der Waals surface area contributed by atoms with E-state index >= 15 is 0 Å². The highest BCUT2D eigenvalue weighted by Gasteiger charge is 1.96. The van der Waals surface area contributed by atoms with Gasteiger partial charge in [-0.05, 0) is 6.20 Å². The minimum Gasteiger partial charge on any atom is -0.359 e. The van der Waals surface area contributed by atoms with Gasteiger partial charge in [0.25, 0.3) is 0 Å². The van der Waals surface area contributed by atoms with Crippen LogP contribution in [0.1, 0.15) is 5.69 Å². The molecule has 4 heteroatoms. The highest BCUT2D eigenvalue weighted by Crippen LogP contribution is 2.06. The van der Waals surface area contributed by atoms with Crippen molar-refractivity contribution >= 4 is 11.9 Å². The molecule has 0 aromatic carbocycles. The minimum atomic E-state index is 0.555. The van der Waals surface area contributed by atoms with Gasteiger partial charge in [0.05, 0.1) is 11.9 Å². The molecule has 0 aliphatic rings. The lowest BCUT2D eigenvalue weighted by Gasteiger charge is -2.00. The van der Waals surface area contributed by atoms with E-state index in [1.807, 2.05) is 0 Å². The normalized spacial score (nSPS) is 8.73. The van der Waals surface area contributed by atoms with Crippen LogP contribution in [0.5, 0.6) is 0 Å². The summed E-state index contributed by atoms with van der Waals surface area (Å²) in [6, 6.07) is 0. The molecule has 1 aromatic rings. The molecule has 0 aliphatic carbocycles. The first-order chi connectivity index (χ1) is 5.38. The van der Waals surface area contributed by atoms with Crippen molar-refractivity contribution in [3.63, 3.8) is 0 Å². The summed E-state index contributed by atoms with van der Waals surface area (Å²) in [6.07, 6.45) is 5.67. The Bertz CT molecular complexity index is 269. The van der Waals surface area contributed by atoms with Gasteiger partial charge in [0, 0.05) is 6.21 Å². The van der Waals surface area contributed by atoms with Gasteiger partial charge in [-0.1, -0.05) is 6.58 Å². The van der Waals surface area contributed by atoms with E-state index in [2.05, 4.69) is 21.9 Å². The molecule has 0 unspecified atom stereocenters. The number of hydrogen-bond acceptors (Lipinski definition) is 4. The van der Waals surface area contributed by atoms with E-state index in [1.165, 1.54) is 12.5 Å². The van der Waals surface area contributed by atoms with Crippen molar-refractivity contribution in [2.24, 2.45) is 0 Å². The first-order valence-electron chi connectivity index (χ1n) is 3.06. The van der Waals surface area contributed by atoms with E-state index < -0.39 is 0 Å². The maximum Gasteiger partial charge on any atom is 0.116 e. The monoisotopic (exact) mass is 148 g/mol. The van der Waals surface area contributed by atoms with Crippen LogP contribution in [0.2, 0.25) is 0 Å². The molecule has 2 N–H and O–H groups in total. The van der Waals surface area contributed by atoms with Crippen molar-refractivity contribution in [2.75, 3.05) is 5.32 Å². The molecule has 1 heterocycles. The summed E-state index contributed by atoms with van der Waals surface area (Å²) in [7, 11) is 0. The molecule has 0 saturated carbocycles. The molecule has 0 fully saturated rings. The second-order valence-corrected chi connectivity index (χ2v) is 1.81. The molecule has 56 valence electrons. The lowest BCUT2D eigenvalue weighted by atomic mass is 10.3. The Morgan fingerprint density at radius 3 is 3.09 bits per heavy atom. The molecular formula is C7H8N4. The molecular weight excluding hydrogens is 140 g/mol. The fourth-order valence-corrected chi connectivity index (χ4v) is 0.675. The Morgan fingerprint density at radius 1 is 1.64 bits per heavy atom. The number of aromatic nitrogens is 2. The van der Waals surface area contributed by atoms with E-state index in [4.69, 9.17) is 5.41 Å². The van der Waals surface area contributed by atoms with Crippen LogP contribution in [0.4, 0.5) is 5.69 Å². The first-order valence-corrected chi connectivity index (χ1v) is 3.06. The van der Waals surface area contributed by atoms with Gasteiger partial charge in [-0.15, -0.1) is 0 Å². The Morgan fingerprint density at radius 2 is 2.45 bits per heavy atom. The molecule has 0 bridgehead atoms. The number of hydrogen-bond donors (Lipinski definition) is 2. The Labute approximate surface area is 64.5 Å². The van der Waals surface area contributed by atoms with Gasteiger partial charge in [0.2, 0.25) is 0 Å². The smallest absolute Gasteiger partial charge is 0.116 e. The van der Waals surface area contributed by atoms with Gasteiger partial charge in [0.15, 0.2) is 0 Å². The van der Waals surface area contributed by atoms with Crippen molar-refractivity contribution in [3.05, 3.63) is 31.0 Å². The highest BCUT2D eigenvalue weighted by molar-refractivity contribution is 5.82. The van der Waals surface area contributed by atoms with Gasteiger partial charge in [0.1, 0.15) is 12.0 Å². The van der Waals surface area contributed by atoms with Gasteiger partial charge in [-0.2, -0.15) is 0 Å². The second kappa shape index (κ2) is 3.46. The molecule has 0 aliphatic heterocycles. The van der Waals surface area contributed by atoms with E-state index in [0.717, 1.165) is 6.21 Å². The fourth-order valence-electron chi connectivity index (χ4n) is 0.675. The van der Waals surface area contributed by atoms with E-state index in [9.17, 15) is 0 Å². The maximum absolute atomic E-state index is 6.97. The fraction of sp³-hybridized carbons (Fsp3) is 0. The van der Waals surface area contributed by atoms with E-state index in [0.29, 0.717) is 11.4 Å². The molecule has 0 saturated heterocycles. The highest BCUT2D eigenvalue weighted by atomic mass is 14.9. The molecule has 0 atom stereocenters. The third-order valence-corrected chi connectivity index (χ3v) is 1.14.